The molecule has 0 aliphatic heterocycles. The van der Waals surface area contributed by atoms with Crippen molar-refractivity contribution >= 4 is 28.9 Å². The Hall–Kier alpha value is -3.05. The van der Waals surface area contributed by atoms with Crippen molar-refractivity contribution in [1.82, 2.24) is 20.3 Å². The highest BCUT2D eigenvalue weighted by Crippen LogP contribution is 2.31. The summed E-state index contributed by atoms with van der Waals surface area (Å²) in [7, 11) is 0. The molecule has 0 aliphatic carbocycles. The number of halogens is 3. The maximum Gasteiger partial charge on any atom is 0.433 e. The first kappa shape index (κ1) is 22.6. The van der Waals surface area contributed by atoms with Crippen molar-refractivity contribution in [2.24, 2.45) is 0 Å². The van der Waals surface area contributed by atoms with Crippen molar-refractivity contribution in [3.8, 4) is 10.4 Å². The van der Waals surface area contributed by atoms with Crippen LogP contribution in [0.3, 0.4) is 0 Å². The summed E-state index contributed by atoms with van der Waals surface area (Å²) in [5.74, 6) is -0.306. The maximum atomic E-state index is 12.9. The van der Waals surface area contributed by atoms with Gasteiger partial charge in [-0.05, 0) is 36.2 Å². The highest BCUT2D eigenvalue weighted by Gasteiger charge is 2.32. The molecule has 0 fully saturated rings. The SMILES string of the molecule is Cc1cc(Nc2nccc(C(F)(F)F)n2)cc(-c2cnc(CCC(=O)NCCO)s2)c1. The van der Waals surface area contributed by atoms with E-state index in [2.05, 4.69) is 25.6 Å². The fraction of sp³-hybridized carbons (Fsp3) is 0.300. The van der Waals surface area contributed by atoms with E-state index in [-0.39, 0.29) is 31.4 Å². The van der Waals surface area contributed by atoms with E-state index in [4.69, 9.17) is 5.11 Å². The number of carbonyl (C=O) groups excluding carboxylic acids is 1. The van der Waals surface area contributed by atoms with Crippen LogP contribution < -0.4 is 10.6 Å². The fourth-order valence-corrected chi connectivity index (χ4v) is 3.67. The molecule has 2 aromatic heterocycles. The van der Waals surface area contributed by atoms with Crippen LogP contribution in [0.25, 0.3) is 10.4 Å². The zero-order valence-electron chi connectivity index (χ0n) is 16.5. The van der Waals surface area contributed by atoms with Crippen LogP contribution in [0.5, 0.6) is 0 Å². The van der Waals surface area contributed by atoms with Gasteiger partial charge in [0.15, 0.2) is 0 Å². The molecule has 3 N–H and O–H groups in total. The number of aliphatic hydroxyl groups excluding tert-OH is 1. The largest absolute Gasteiger partial charge is 0.433 e. The Balaban J connectivity index is 1.73. The summed E-state index contributed by atoms with van der Waals surface area (Å²) in [6.45, 7) is 1.98. The van der Waals surface area contributed by atoms with Gasteiger partial charge in [0.1, 0.15) is 5.69 Å². The molecule has 3 aromatic rings. The molecule has 31 heavy (non-hydrogen) atoms. The summed E-state index contributed by atoms with van der Waals surface area (Å²) >= 11 is 1.43. The summed E-state index contributed by atoms with van der Waals surface area (Å²) in [5, 5.41) is 14.9. The number of aromatic nitrogens is 3. The van der Waals surface area contributed by atoms with Gasteiger partial charge < -0.3 is 15.7 Å². The van der Waals surface area contributed by atoms with E-state index in [0.29, 0.717) is 12.1 Å². The second-order valence-electron chi connectivity index (χ2n) is 6.67. The Labute approximate surface area is 180 Å². The van der Waals surface area contributed by atoms with Gasteiger partial charge >= 0.3 is 6.18 Å². The zero-order chi connectivity index (χ0) is 22.4. The summed E-state index contributed by atoms with van der Waals surface area (Å²) in [5.41, 5.74) is 1.26. The highest BCUT2D eigenvalue weighted by molar-refractivity contribution is 7.15. The fourth-order valence-electron chi connectivity index (χ4n) is 2.77. The summed E-state index contributed by atoms with van der Waals surface area (Å²) in [4.78, 5) is 24.3. The minimum absolute atomic E-state index is 0.109. The number of thiazole rings is 1. The van der Waals surface area contributed by atoms with Crippen LogP contribution in [0, 0.1) is 6.92 Å². The van der Waals surface area contributed by atoms with Gasteiger partial charge in [0.25, 0.3) is 0 Å². The Morgan fingerprint density at radius 2 is 2.03 bits per heavy atom. The first-order valence-electron chi connectivity index (χ1n) is 9.36. The first-order valence-corrected chi connectivity index (χ1v) is 10.2. The molecule has 0 saturated heterocycles. The summed E-state index contributed by atoms with van der Waals surface area (Å²) < 4.78 is 38.6. The van der Waals surface area contributed by atoms with Crippen LogP contribution in [0.15, 0.2) is 36.7 Å². The lowest BCUT2D eigenvalue weighted by Gasteiger charge is -2.10. The van der Waals surface area contributed by atoms with E-state index < -0.39 is 11.9 Å². The topological polar surface area (TPSA) is 100 Å². The number of carbonyl (C=O) groups is 1. The van der Waals surface area contributed by atoms with Gasteiger partial charge in [-0.25, -0.2) is 15.0 Å². The predicted molar refractivity (Wildman–Crippen MR) is 111 cm³/mol. The third-order valence-corrected chi connectivity index (χ3v) is 5.22. The van der Waals surface area contributed by atoms with Crippen molar-refractivity contribution < 1.29 is 23.1 Å². The van der Waals surface area contributed by atoms with Gasteiger partial charge in [-0.15, -0.1) is 11.3 Å². The lowest BCUT2D eigenvalue weighted by Crippen LogP contribution is -2.26. The smallest absolute Gasteiger partial charge is 0.395 e. The minimum Gasteiger partial charge on any atom is -0.395 e. The van der Waals surface area contributed by atoms with Crippen molar-refractivity contribution in [1.29, 1.82) is 0 Å². The standard InChI is InChI=1S/C20H20F3N5O2S/c1-12-8-13(15-11-26-18(31-15)3-2-17(30)24-6-7-29)10-14(9-12)27-19-25-5-4-16(28-19)20(21,22)23/h4-5,8-11,29H,2-3,6-7H2,1H3,(H,24,30)(H,25,27,28). The molecule has 0 saturated carbocycles. The Kier molecular flexibility index (Phi) is 7.18. The number of aliphatic hydroxyl groups is 1. The van der Waals surface area contributed by atoms with Gasteiger partial charge in [0.05, 0.1) is 16.5 Å². The molecule has 0 radical (unpaired) electrons. The van der Waals surface area contributed by atoms with Gasteiger partial charge in [-0.3, -0.25) is 4.79 Å². The van der Waals surface area contributed by atoms with Crippen LogP contribution in [0.1, 0.15) is 22.7 Å². The van der Waals surface area contributed by atoms with E-state index in [0.717, 1.165) is 33.3 Å². The van der Waals surface area contributed by atoms with E-state index in [1.54, 1.807) is 18.3 Å². The molecule has 7 nitrogen and oxygen atoms in total. The molecule has 0 aliphatic rings. The van der Waals surface area contributed by atoms with Gasteiger partial charge in [0, 0.05) is 37.5 Å². The average Bonchev–Trinajstić information content (AvgIpc) is 3.19. The molecule has 11 heteroatoms. The van der Waals surface area contributed by atoms with Crippen molar-refractivity contribution in [2.45, 2.75) is 25.9 Å². The second-order valence-corrected chi connectivity index (χ2v) is 7.78. The zero-order valence-corrected chi connectivity index (χ0v) is 17.3. The first-order chi connectivity index (χ1) is 14.7. The Morgan fingerprint density at radius 3 is 2.77 bits per heavy atom. The van der Waals surface area contributed by atoms with Crippen molar-refractivity contribution in [3.63, 3.8) is 0 Å². The molecular weight excluding hydrogens is 431 g/mol. The van der Waals surface area contributed by atoms with Crippen LogP contribution in [0.4, 0.5) is 24.8 Å². The van der Waals surface area contributed by atoms with Crippen LogP contribution in [-0.4, -0.2) is 39.1 Å². The number of hydrogen-bond donors (Lipinski definition) is 3. The number of nitrogens with zero attached hydrogens (tertiary/aromatic N) is 3. The molecule has 0 atom stereocenters. The molecule has 3 rings (SSSR count). The van der Waals surface area contributed by atoms with Crippen LogP contribution in [0.2, 0.25) is 0 Å². The Bertz CT molecular complexity index is 1060. The number of anilines is 2. The molecule has 1 aromatic carbocycles. The average molecular weight is 451 g/mol. The molecule has 0 bridgehead atoms. The second kappa shape index (κ2) is 9.84. The molecule has 0 spiro atoms. The van der Waals surface area contributed by atoms with Gasteiger partial charge in [-0.2, -0.15) is 13.2 Å². The summed E-state index contributed by atoms with van der Waals surface area (Å²) in [6.07, 6.45) is -1.06. The van der Waals surface area contributed by atoms with Crippen molar-refractivity contribution in [3.05, 3.63) is 52.9 Å². The Morgan fingerprint density at radius 1 is 1.23 bits per heavy atom. The van der Waals surface area contributed by atoms with E-state index in [1.807, 2.05) is 13.0 Å². The monoisotopic (exact) mass is 451 g/mol. The molecule has 1 amide bonds. The van der Waals surface area contributed by atoms with E-state index in [9.17, 15) is 18.0 Å². The van der Waals surface area contributed by atoms with Crippen molar-refractivity contribution in [2.75, 3.05) is 18.5 Å². The minimum atomic E-state index is -4.55. The van der Waals surface area contributed by atoms with Gasteiger partial charge in [-0.1, -0.05) is 6.07 Å². The van der Waals surface area contributed by atoms with E-state index in [1.165, 1.54) is 11.3 Å². The van der Waals surface area contributed by atoms with Crippen LogP contribution in [-0.2, 0) is 17.4 Å². The molecule has 0 unspecified atom stereocenters. The number of benzene rings is 1. The molecule has 2 heterocycles. The number of amides is 1. The number of nitrogens with one attached hydrogen (secondary N) is 2. The number of alkyl halides is 3. The molecular formula is C20H20F3N5O2S. The van der Waals surface area contributed by atoms with E-state index >= 15 is 0 Å². The normalized spacial score (nSPS) is 11.4. The highest BCUT2D eigenvalue weighted by atomic mass is 32.1. The molecule has 164 valence electrons. The number of rotatable bonds is 8. The third kappa shape index (κ3) is 6.46. The lowest BCUT2D eigenvalue weighted by atomic mass is 10.1. The third-order valence-electron chi connectivity index (χ3n) is 4.12. The number of hydrogen-bond acceptors (Lipinski definition) is 7. The summed E-state index contributed by atoms with van der Waals surface area (Å²) in [6, 6.07) is 6.31. The lowest BCUT2D eigenvalue weighted by molar-refractivity contribution is -0.141. The van der Waals surface area contributed by atoms with Gasteiger partial charge in [0.2, 0.25) is 11.9 Å². The predicted octanol–water partition coefficient (Wildman–Crippen LogP) is 3.71. The maximum absolute atomic E-state index is 12.9. The number of aryl methyl sites for hydroxylation is 2. The quantitative estimate of drug-likeness (QED) is 0.483. The van der Waals surface area contributed by atoms with Crippen LogP contribution >= 0.6 is 11.3 Å².